The lowest BCUT2D eigenvalue weighted by atomic mass is 10.00. The quantitative estimate of drug-likeness (QED) is 0.521. The summed E-state index contributed by atoms with van der Waals surface area (Å²) in [6, 6.07) is 0.581. The lowest BCUT2D eigenvalue weighted by Gasteiger charge is -2.38. The van der Waals surface area contributed by atoms with Crippen LogP contribution in [0, 0.1) is 5.92 Å². The van der Waals surface area contributed by atoms with Gasteiger partial charge in [0.05, 0.1) is 18.8 Å². The number of carboxylic acids is 2. The van der Waals surface area contributed by atoms with E-state index in [1.54, 1.807) is 0 Å². The molecule has 36 heavy (non-hydrogen) atoms. The second-order valence-electron chi connectivity index (χ2n) is 8.99. The van der Waals surface area contributed by atoms with Crippen molar-refractivity contribution in [3.05, 3.63) is 0 Å². The van der Waals surface area contributed by atoms with E-state index in [2.05, 4.69) is 9.80 Å². The number of likely N-dealkylation sites (tertiary alicyclic amines) is 1. The first-order valence-electron chi connectivity index (χ1n) is 11.6. The van der Waals surface area contributed by atoms with E-state index in [0.717, 1.165) is 52.0 Å². The highest BCUT2D eigenvalue weighted by Crippen LogP contribution is 2.27. The predicted molar refractivity (Wildman–Crippen MR) is 111 cm³/mol. The molecule has 4 rings (SSSR count). The van der Waals surface area contributed by atoms with Crippen LogP contribution in [0.3, 0.4) is 0 Å². The highest BCUT2D eigenvalue weighted by Gasteiger charge is 2.41. The smallest absolute Gasteiger partial charge is 0.475 e. The van der Waals surface area contributed by atoms with Gasteiger partial charge in [0.15, 0.2) is 0 Å². The number of nitrogens with zero attached hydrogens (tertiary/aromatic N) is 2. The maximum atomic E-state index is 10.6. The van der Waals surface area contributed by atoms with Crippen molar-refractivity contribution in [2.24, 2.45) is 5.92 Å². The molecule has 0 aromatic carbocycles. The topological polar surface area (TPSA) is 109 Å². The minimum Gasteiger partial charge on any atom is -0.475 e. The second kappa shape index (κ2) is 13.7. The third-order valence-electron chi connectivity index (χ3n) is 6.30. The molecular formula is C21H32F6N2O7. The van der Waals surface area contributed by atoms with Gasteiger partial charge in [-0.1, -0.05) is 0 Å². The molecule has 2 N–H and O–H groups in total. The molecule has 0 radical (unpaired) electrons. The first-order valence-corrected chi connectivity index (χ1v) is 11.6. The first kappa shape index (κ1) is 30.5. The van der Waals surface area contributed by atoms with Gasteiger partial charge in [0.2, 0.25) is 0 Å². The van der Waals surface area contributed by atoms with Gasteiger partial charge in [-0.15, -0.1) is 0 Å². The summed E-state index contributed by atoms with van der Waals surface area (Å²) in [5.74, 6) is -4.69. The average molecular weight is 538 g/mol. The number of morpholine rings is 1. The maximum absolute atomic E-state index is 10.6. The third-order valence-corrected chi connectivity index (χ3v) is 6.30. The standard InChI is InChI=1S/C17H30N2O3.2C2HF3O2/c1-2-15(21-6-1)11-19-5-9-22-17-13-18(12-16(17)19)10-14-3-7-20-8-4-14;2*3-2(4,5)1(6)7/h14-17H,1-13H2;2*(H,6,7)/t15?,16-,17+;;/m1../s1. The van der Waals surface area contributed by atoms with Crippen LogP contribution in [0.25, 0.3) is 0 Å². The molecule has 0 aromatic heterocycles. The summed E-state index contributed by atoms with van der Waals surface area (Å²) in [5.41, 5.74) is 0. The molecule has 0 saturated carbocycles. The zero-order valence-corrected chi connectivity index (χ0v) is 19.6. The molecule has 0 aliphatic carbocycles. The fraction of sp³-hybridized carbons (Fsp3) is 0.905. The number of alkyl halides is 6. The Morgan fingerprint density at radius 1 is 0.806 bits per heavy atom. The Bertz CT molecular complexity index is 673. The van der Waals surface area contributed by atoms with Crippen LogP contribution in [0.5, 0.6) is 0 Å². The molecule has 4 fully saturated rings. The Hall–Kier alpha value is -1.68. The molecule has 1 unspecified atom stereocenters. The van der Waals surface area contributed by atoms with Crippen molar-refractivity contribution in [1.29, 1.82) is 0 Å². The molecule has 0 bridgehead atoms. The van der Waals surface area contributed by atoms with Crippen LogP contribution in [-0.2, 0) is 23.8 Å². The molecule has 15 heteroatoms. The van der Waals surface area contributed by atoms with E-state index >= 15 is 0 Å². The Balaban J connectivity index is 0.000000271. The normalized spacial score (nSPS) is 27.9. The van der Waals surface area contributed by atoms with Crippen LogP contribution >= 0.6 is 0 Å². The highest BCUT2D eigenvalue weighted by molar-refractivity contribution is 5.73. The molecule has 210 valence electrons. The number of carbonyl (C=O) groups is 2. The Kier molecular flexibility index (Phi) is 11.7. The van der Waals surface area contributed by atoms with Gasteiger partial charge in [0.25, 0.3) is 0 Å². The Labute approximate surface area is 204 Å². The number of rotatable bonds is 4. The monoisotopic (exact) mass is 538 g/mol. The van der Waals surface area contributed by atoms with Crippen LogP contribution < -0.4 is 0 Å². The summed E-state index contributed by atoms with van der Waals surface area (Å²) < 4.78 is 80.9. The molecule has 4 aliphatic heterocycles. The van der Waals surface area contributed by atoms with E-state index in [1.165, 1.54) is 38.8 Å². The van der Waals surface area contributed by atoms with Crippen LogP contribution in [0.15, 0.2) is 0 Å². The van der Waals surface area contributed by atoms with Gasteiger partial charge in [-0.05, 0) is 31.6 Å². The predicted octanol–water partition coefficient (Wildman–Crippen LogP) is 2.24. The van der Waals surface area contributed by atoms with Gasteiger partial charge in [0.1, 0.15) is 0 Å². The van der Waals surface area contributed by atoms with Crippen LogP contribution in [0.4, 0.5) is 26.3 Å². The van der Waals surface area contributed by atoms with Crippen molar-refractivity contribution in [3.63, 3.8) is 0 Å². The first-order chi connectivity index (χ1) is 16.8. The Morgan fingerprint density at radius 3 is 1.89 bits per heavy atom. The summed E-state index contributed by atoms with van der Waals surface area (Å²) in [5, 5.41) is 14.2. The Morgan fingerprint density at radius 2 is 1.39 bits per heavy atom. The lowest BCUT2D eigenvalue weighted by molar-refractivity contribution is -0.193. The van der Waals surface area contributed by atoms with E-state index in [9.17, 15) is 26.3 Å². The number of carboxylic acid groups (broad SMARTS) is 2. The van der Waals surface area contributed by atoms with E-state index in [-0.39, 0.29) is 0 Å². The molecule has 3 atom stereocenters. The SMILES string of the molecule is C1COC(CN2CCO[C@H]3CN(CC4CCOCC4)C[C@H]32)C1.O=C(O)C(F)(F)F.O=C(O)C(F)(F)F. The fourth-order valence-electron chi connectivity index (χ4n) is 4.55. The fourth-order valence-corrected chi connectivity index (χ4v) is 4.55. The molecule has 9 nitrogen and oxygen atoms in total. The van der Waals surface area contributed by atoms with E-state index in [1.807, 2.05) is 0 Å². The summed E-state index contributed by atoms with van der Waals surface area (Å²) in [7, 11) is 0. The minimum atomic E-state index is -5.08. The minimum absolute atomic E-state index is 0.412. The average Bonchev–Trinajstić information content (AvgIpc) is 3.44. The lowest BCUT2D eigenvalue weighted by Crippen LogP contribution is -2.52. The summed E-state index contributed by atoms with van der Waals surface area (Å²) in [6.45, 7) is 9.45. The van der Waals surface area contributed by atoms with Gasteiger partial charge in [-0.25, -0.2) is 9.59 Å². The maximum Gasteiger partial charge on any atom is 0.490 e. The number of fused-ring (bicyclic) bond motifs is 1. The zero-order valence-electron chi connectivity index (χ0n) is 19.6. The largest absolute Gasteiger partial charge is 0.490 e. The number of aliphatic carboxylic acids is 2. The van der Waals surface area contributed by atoms with Crippen molar-refractivity contribution in [1.82, 2.24) is 9.80 Å². The van der Waals surface area contributed by atoms with Crippen LogP contribution in [-0.4, -0.2) is 122 Å². The van der Waals surface area contributed by atoms with Crippen molar-refractivity contribution in [2.45, 2.75) is 56.3 Å². The number of hydrogen-bond acceptors (Lipinski definition) is 7. The van der Waals surface area contributed by atoms with E-state index < -0.39 is 24.3 Å². The van der Waals surface area contributed by atoms with Gasteiger partial charge >= 0.3 is 24.3 Å². The molecule has 4 saturated heterocycles. The molecule has 4 heterocycles. The third kappa shape index (κ3) is 10.4. The number of hydrogen-bond donors (Lipinski definition) is 2. The van der Waals surface area contributed by atoms with Crippen LogP contribution in [0.1, 0.15) is 25.7 Å². The number of ether oxygens (including phenoxy) is 3. The van der Waals surface area contributed by atoms with Crippen LogP contribution in [0.2, 0.25) is 0 Å². The van der Waals surface area contributed by atoms with Gasteiger partial charge in [-0.2, -0.15) is 26.3 Å². The number of halogens is 6. The van der Waals surface area contributed by atoms with E-state index in [4.69, 9.17) is 34.0 Å². The van der Waals surface area contributed by atoms with Gasteiger partial charge < -0.3 is 24.4 Å². The summed E-state index contributed by atoms with van der Waals surface area (Å²) in [6.07, 6.45) is -4.36. The molecule has 0 aromatic rings. The van der Waals surface area contributed by atoms with Gasteiger partial charge in [0, 0.05) is 58.6 Å². The van der Waals surface area contributed by atoms with Crippen molar-refractivity contribution in [2.75, 3.05) is 59.2 Å². The van der Waals surface area contributed by atoms with Crippen molar-refractivity contribution in [3.8, 4) is 0 Å². The molecule has 0 amide bonds. The summed E-state index contributed by atoms with van der Waals surface area (Å²) >= 11 is 0. The zero-order chi connectivity index (χ0) is 26.9. The molecule has 0 spiro atoms. The van der Waals surface area contributed by atoms with Crippen molar-refractivity contribution >= 4 is 11.9 Å². The highest BCUT2D eigenvalue weighted by atomic mass is 19.4. The summed E-state index contributed by atoms with van der Waals surface area (Å²) in [4.78, 5) is 23.1. The molecular weight excluding hydrogens is 506 g/mol. The second-order valence-corrected chi connectivity index (χ2v) is 8.99. The van der Waals surface area contributed by atoms with Gasteiger partial charge in [-0.3, -0.25) is 9.80 Å². The van der Waals surface area contributed by atoms with Crippen molar-refractivity contribution < 1.29 is 60.4 Å². The van der Waals surface area contributed by atoms with E-state index in [0.29, 0.717) is 18.2 Å². The molecule has 4 aliphatic rings.